The Morgan fingerprint density at radius 2 is 1.88 bits per heavy atom. The number of hydrogen-bond acceptors (Lipinski definition) is 4. The Morgan fingerprint density at radius 1 is 1.21 bits per heavy atom. The van der Waals surface area contributed by atoms with E-state index >= 15 is 0 Å². The largest absolute Gasteiger partial charge is 0.491 e. The lowest BCUT2D eigenvalue weighted by molar-refractivity contribution is 0.00578. The number of hydrogen-bond donors (Lipinski definition) is 2. The molecule has 0 unspecified atom stereocenters. The van der Waals surface area contributed by atoms with Crippen molar-refractivity contribution >= 4 is 36.7 Å². The van der Waals surface area contributed by atoms with Crippen LogP contribution in [0.5, 0.6) is 0 Å². The first-order valence-corrected chi connectivity index (χ1v) is 8.65. The van der Waals surface area contributed by atoms with Crippen LogP contribution in [-0.2, 0) is 9.31 Å². The third kappa shape index (κ3) is 3.06. The van der Waals surface area contributed by atoms with E-state index in [1.807, 2.05) is 52.0 Å². The van der Waals surface area contributed by atoms with Crippen LogP contribution in [0, 0.1) is 0 Å². The Morgan fingerprint density at radius 3 is 2.50 bits per heavy atom. The highest BCUT2D eigenvalue weighted by Gasteiger charge is 2.52. The average molecular weight is 343 g/mol. The van der Waals surface area contributed by atoms with Gasteiger partial charge in [-0.2, -0.15) is 12.6 Å². The van der Waals surface area contributed by atoms with Gasteiger partial charge in [0.1, 0.15) is 0 Å². The van der Waals surface area contributed by atoms with Crippen molar-refractivity contribution in [2.24, 2.45) is 0 Å². The van der Waals surface area contributed by atoms with Gasteiger partial charge in [-0.1, -0.05) is 12.1 Å². The zero-order valence-corrected chi connectivity index (χ0v) is 15.3. The monoisotopic (exact) mass is 343 g/mol. The molecule has 0 spiro atoms. The standard InChI is InChI=1S/C18H22BNO3S/c1-17(2)18(3,4)23-19(22-17)13(11-24)9-12-5-6-14-15(10-12)20-8-7-16(14)21/h5-10,24H,11H2,1-4H3,(H,20,21). The Kier molecular flexibility index (Phi) is 4.40. The molecular weight excluding hydrogens is 321 g/mol. The van der Waals surface area contributed by atoms with Crippen molar-refractivity contribution in [2.75, 3.05) is 5.75 Å². The lowest BCUT2D eigenvalue weighted by Gasteiger charge is -2.32. The van der Waals surface area contributed by atoms with Gasteiger partial charge in [0.05, 0.1) is 11.2 Å². The minimum atomic E-state index is -0.419. The van der Waals surface area contributed by atoms with Crippen molar-refractivity contribution in [3.05, 3.63) is 51.7 Å². The second kappa shape index (κ2) is 6.10. The van der Waals surface area contributed by atoms with Gasteiger partial charge in [0.2, 0.25) is 0 Å². The van der Waals surface area contributed by atoms with Gasteiger partial charge in [0.25, 0.3) is 0 Å². The van der Waals surface area contributed by atoms with E-state index in [0.717, 1.165) is 16.6 Å². The molecule has 1 aliphatic heterocycles. The van der Waals surface area contributed by atoms with Crippen LogP contribution in [-0.4, -0.2) is 29.1 Å². The van der Waals surface area contributed by atoms with E-state index in [-0.39, 0.29) is 16.6 Å². The topological polar surface area (TPSA) is 51.3 Å². The van der Waals surface area contributed by atoms with Gasteiger partial charge in [-0.05, 0) is 50.9 Å². The normalized spacial score (nSPS) is 19.9. The molecule has 0 amide bonds. The summed E-state index contributed by atoms with van der Waals surface area (Å²) in [6.45, 7) is 8.13. The van der Waals surface area contributed by atoms with Gasteiger partial charge in [0.15, 0.2) is 5.43 Å². The van der Waals surface area contributed by atoms with E-state index in [2.05, 4.69) is 17.6 Å². The molecular formula is C18H22BNO3S. The molecule has 126 valence electrons. The van der Waals surface area contributed by atoms with Crippen LogP contribution in [0.1, 0.15) is 33.3 Å². The minimum absolute atomic E-state index is 0.0136. The number of nitrogens with one attached hydrogen (secondary N) is 1. The van der Waals surface area contributed by atoms with E-state index < -0.39 is 7.12 Å². The molecule has 0 atom stereocenters. The molecule has 1 N–H and O–H groups in total. The first-order valence-electron chi connectivity index (χ1n) is 8.02. The van der Waals surface area contributed by atoms with E-state index in [1.54, 1.807) is 6.20 Å². The van der Waals surface area contributed by atoms with E-state index in [9.17, 15) is 4.79 Å². The average Bonchev–Trinajstić information content (AvgIpc) is 2.73. The van der Waals surface area contributed by atoms with Gasteiger partial charge >= 0.3 is 7.12 Å². The number of H-pyrrole nitrogens is 1. The summed E-state index contributed by atoms with van der Waals surface area (Å²) in [6, 6.07) is 7.24. The number of fused-ring (bicyclic) bond motifs is 1. The van der Waals surface area contributed by atoms with Crippen molar-refractivity contribution in [1.82, 2.24) is 4.98 Å². The highest BCUT2D eigenvalue weighted by atomic mass is 32.1. The zero-order chi connectivity index (χ0) is 17.5. The maximum atomic E-state index is 11.8. The SMILES string of the molecule is CC1(C)OB(C(=Cc2ccc3c(=O)cc[nH]c3c2)CS)OC1(C)C. The molecule has 2 aromatic rings. The van der Waals surface area contributed by atoms with Crippen molar-refractivity contribution in [3.8, 4) is 0 Å². The number of rotatable bonds is 3. The highest BCUT2D eigenvalue weighted by Crippen LogP contribution is 2.39. The van der Waals surface area contributed by atoms with Crippen LogP contribution >= 0.6 is 12.6 Å². The molecule has 6 heteroatoms. The molecule has 0 radical (unpaired) electrons. The van der Waals surface area contributed by atoms with Gasteiger partial charge in [-0.25, -0.2) is 0 Å². The number of aromatic amines is 1. The van der Waals surface area contributed by atoms with Crippen LogP contribution in [0.25, 0.3) is 17.0 Å². The second-order valence-corrected chi connectivity index (χ2v) is 7.43. The Labute approximate surface area is 147 Å². The van der Waals surface area contributed by atoms with Crippen molar-refractivity contribution < 1.29 is 9.31 Å². The van der Waals surface area contributed by atoms with Crippen LogP contribution < -0.4 is 5.43 Å². The van der Waals surface area contributed by atoms with Crippen LogP contribution in [0.15, 0.2) is 40.7 Å². The fourth-order valence-corrected chi connectivity index (χ4v) is 2.92. The third-order valence-electron chi connectivity index (χ3n) is 4.87. The number of aromatic nitrogens is 1. The summed E-state index contributed by atoms with van der Waals surface area (Å²) < 4.78 is 12.2. The maximum Gasteiger partial charge on any atom is 0.491 e. The second-order valence-electron chi connectivity index (χ2n) is 7.11. The lowest BCUT2D eigenvalue weighted by atomic mass is 9.78. The van der Waals surface area contributed by atoms with Crippen molar-refractivity contribution in [3.63, 3.8) is 0 Å². The fraction of sp³-hybridized carbons (Fsp3) is 0.389. The van der Waals surface area contributed by atoms with Crippen LogP contribution in [0.3, 0.4) is 0 Å². The summed E-state index contributed by atoms with van der Waals surface area (Å²) in [5.41, 5.74) is 1.99. The Bertz CT molecular complexity index is 841. The molecule has 24 heavy (non-hydrogen) atoms. The quantitative estimate of drug-likeness (QED) is 0.663. The van der Waals surface area contributed by atoms with Crippen molar-refractivity contribution in [2.45, 2.75) is 38.9 Å². The number of pyridine rings is 1. The van der Waals surface area contributed by atoms with Crippen molar-refractivity contribution in [1.29, 1.82) is 0 Å². The van der Waals surface area contributed by atoms with E-state index in [0.29, 0.717) is 11.1 Å². The van der Waals surface area contributed by atoms with Gasteiger partial charge in [-0.15, -0.1) is 0 Å². The lowest BCUT2D eigenvalue weighted by Crippen LogP contribution is -2.41. The molecule has 1 aromatic carbocycles. The molecule has 1 aliphatic rings. The van der Waals surface area contributed by atoms with Crippen LogP contribution in [0.4, 0.5) is 0 Å². The maximum absolute atomic E-state index is 11.8. The molecule has 3 rings (SSSR count). The summed E-state index contributed by atoms with van der Waals surface area (Å²) >= 11 is 4.44. The molecule has 2 heterocycles. The molecule has 0 aliphatic carbocycles. The smallest absolute Gasteiger partial charge is 0.400 e. The minimum Gasteiger partial charge on any atom is -0.400 e. The van der Waals surface area contributed by atoms with E-state index in [4.69, 9.17) is 9.31 Å². The summed E-state index contributed by atoms with van der Waals surface area (Å²) in [5.74, 6) is 0.528. The summed E-state index contributed by atoms with van der Waals surface area (Å²) in [7, 11) is -0.419. The van der Waals surface area contributed by atoms with Gasteiger partial charge < -0.3 is 14.3 Å². The molecule has 0 bridgehead atoms. The molecule has 4 nitrogen and oxygen atoms in total. The summed E-state index contributed by atoms with van der Waals surface area (Å²) in [4.78, 5) is 14.9. The highest BCUT2D eigenvalue weighted by molar-refractivity contribution is 7.80. The van der Waals surface area contributed by atoms with Crippen LogP contribution in [0.2, 0.25) is 0 Å². The third-order valence-corrected chi connectivity index (χ3v) is 5.24. The first kappa shape index (κ1) is 17.3. The van der Waals surface area contributed by atoms with Gasteiger partial charge in [-0.3, -0.25) is 4.79 Å². The number of benzene rings is 1. The summed E-state index contributed by atoms with van der Waals surface area (Å²) in [5, 5.41) is 0.678. The molecule has 1 fully saturated rings. The predicted molar refractivity (Wildman–Crippen MR) is 102 cm³/mol. The molecule has 1 saturated heterocycles. The fourth-order valence-electron chi connectivity index (χ4n) is 2.68. The number of thiol groups is 1. The molecule has 0 saturated carbocycles. The Hall–Kier alpha value is -1.50. The van der Waals surface area contributed by atoms with Gasteiger partial charge in [0, 0.05) is 28.9 Å². The zero-order valence-electron chi connectivity index (χ0n) is 14.4. The molecule has 1 aromatic heterocycles. The van der Waals surface area contributed by atoms with E-state index in [1.165, 1.54) is 6.07 Å². The predicted octanol–water partition coefficient (Wildman–Crippen LogP) is 3.47. The first-order chi connectivity index (χ1) is 11.2. The Balaban J connectivity index is 1.96. The summed E-state index contributed by atoms with van der Waals surface area (Å²) in [6.07, 6.45) is 3.67.